The van der Waals surface area contributed by atoms with Gasteiger partial charge < -0.3 is 10.4 Å². The van der Waals surface area contributed by atoms with Crippen LogP contribution in [0.2, 0.25) is 0 Å². The molecule has 2 aromatic rings. The van der Waals surface area contributed by atoms with Crippen LogP contribution in [0.5, 0.6) is 0 Å². The van der Waals surface area contributed by atoms with E-state index in [1.165, 1.54) is 22.9 Å². The molecule has 2 N–H and O–H groups in total. The first kappa shape index (κ1) is 14.0. The van der Waals surface area contributed by atoms with Gasteiger partial charge in [-0.3, -0.25) is 0 Å². The molecule has 0 aliphatic heterocycles. The van der Waals surface area contributed by atoms with Crippen molar-refractivity contribution in [2.45, 2.75) is 32.2 Å². The van der Waals surface area contributed by atoms with E-state index in [1.807, 2.05) is 32.2 Å². The van der Waals surface area contributed by atoms with Gasteiger partial charge in [0.05, 0.1) is 0 Å². The van der Waals surface area contributed by atoms with Crippen LogP contribution >= 0.6 is 22.9 Å². The summed E-state index contributed by atoms with van der Waals surface area (Å²) in [5.74, 6) is -0.203. The molecule has 7 heteroatoms. The maximum Gasteiger partial charge on any atom is 0.331 e. The number of aromatic nitrogens is 2. The zero-order valence-corrected chi connectivity index (χ0v) is 12.5. The summed E-state index contributed by atoms with van der Waals surface area (Å²) in [6.07, 6.45) is 0. The number of thiophene rings is 1. The summed E-state index contributed by atoms with van der Waals surface area (Å²) < 4.78 is 4.26. The lowest BCUT2D eigenvalue weighted by Crippen LogP contribution is -2.19. The number of hydrogen-bond acceptors (Lipinski definition) is 6. The Labute approximate surface area is 119 Å². The van der Waals surface area contributed by atoms with Crippen LogP contribution in [0.1, 0.15) is 37.5 Å². The van der Waals surface area contributed by atoms with E-state index < -0.39 is 12.0 Å². The van der Waals surface area contributed by atoms with Crippen LogP contribution in [0.4, 0.5) is 5.13 Å². The molecular formula is C12H15N3O2S2. The number of carboxylic acid groups (broad SMARTS) is 1. The molecule has 2 heterocycles. The minimum Gasteiger partial charge on any atom is -0.479 e. The zero-order chi connectivity index (χ0) is 14.0. The molecule has 0 bridgehead atoms. The van der Waals surface area contributed by atoms with E-state index in [0.29, 0.717) is 5.13 Å². The second kappa shape index (κ2) is 5.26. The molecule has 0 aliphatic rings. The van der Waals surface area contributed by atoms with Crippen LogP contribution in [0.25, 0.3) is 0 Å². The molecule has 0 radical (unpaired) electrons. The molecular weight excluding hydrogens is 282 g/mol. The van der Waals surface area contributed by atoms with Crippen molar-refractivity contribution in [3.8, 4) is 0 Å². The first-order chi connectivity index (χ1) is 8.88. The van der Waals surface area contributed by atoms with E-state index in [1.54, 1.807) is 6.07 Å². The third-order valence-corrected chi connectivity index (χ3v) is 4.02. The van der Waals surface area contributed by atoms with Crippen molar-refractivity contribution in [2.75, 3.05) is 5.32 Å². The highest BCUT2D eigenvalue weighted by atomic mass is 32.1. The Morgan fingerprint density at radius 2 is 2.21 bits per heavy atom. The molecule has 102 valence electrons. The average Bonchev–Trinajstić information content (AvgIpc) is 2.95. The number of nitrogens with one attached hydrogen (secondary N) is 1. The second-order valence-electron chi connectivity index (χ2n) is 5.10. The maximum absolute atomic E-state index is 11.3. The van der Waals surface area contributed by atoms with Gasteiger partial charge in [0, 0.05) is 21.8 Å². The van der Waals surface area contributed by atoms with Crippen LogP contribution in [-0.4, -0.2) is 20.4 Å². The van der Waals surface area contributed by atoms with E-state index in [0.717, 1.165) is 10.7 Å². The van der Waals surface area contributed by atoms with Crippen LogP contribution in [-0.2, 0) is 10.2 Å². The molecule has 0 fully saturated rings. The number of hydrogen-bond donors (Lipinski definition) is 2. The number of rotatable bonds is 4. The lowest BCUT2D eigenvalue weighted by atomic mass is 9.96. The van der Waals surface area contributed by atoms with E-state index in [4.69, 9.17) is 0 Å². The van der Waals surface area contributed by atoms with Gasteiger partial charge >= 0.3 is 5.97 Å². The van der Waals surface area contributed by atoms with Gasteiger partial charge in [0.25, 0.3) is 0 Å². The van der Waals surface area contributed by atoms with Crippen molar-refractivity contribution >= 4 is 34.0 Å². The molecule has 0 aliphatic carbocycles. The average molecular weight is 297 g/mol. The lowest BCUT2D eigenvalue weighted by Gasteiger charge is -2.13. The monoisotopic (exact) mass is 297 g/mol. The number of aliphatic carboxylic acids is 1. The van der Waals surface area contributed by atoms with Gasteiger partial charge in [-0.05, 0) is 11.4 Å². The van der Waals surface area contributed by atoms with Gasteiger partial charge in [0.15, 0.2) is 6.04 Å². The van der Waals surface area contributed by atoms with E-state index in [-0.39, 0.29) is 5.41 Å². The molecule has 0 saturated carbocycles. The molecule has 2 rings (SSSR count). The van der Waals surface area contributed by atoms with Gasteiger partial charge in [0.2, 0.25) is 5.13 Å². The van der Waals surface area contributed by atoms with Gasteiger partial charge in [-0.25, -0.2) is 9.78 Å². The smallest absolute Gasteiger partial charge is 0.331 e. The Morgan fingerprint density at radius 3 is 2.68 bits per heavy atom. The third-order valence-electron chi connectivity index (χ3n) is 2.44. The summed E-state index contributed by atoms with van der Waals surface area (Å²) in [5.41, 5.74) is -0.141. The largest absolute Gasteiger partial charge is 0.479 e. The van der Waals surface area contributed by atoms with Crippen molar-refractivity contribution in [1.82, 2.24) is 9.36 Å². The molecule has 1 atom stereocenters. The fourth-order valence-corrected chi connectivity index (χ4v) is 2.97. The highest BCUT2D eigenvalue weighted by Gasteiger charge is 2.24. The van der Waals surface area contributed by atoms with Crippen molar-refractivity contribution in [1.29, 1.82) is 0 Å². The normalized spacial score (nSPS) is 13.2. The fraction of sp³-hybridized carbons (Fsp3) is 0.417. The standard InChI is InChI=1S/C12H15N3O2S2/c1-12(2,3)10-14-11(19-15-10)13-8(9(16)17)7-5-4-6-18-7/h4-6,8H,1-3H3,(H,16,17)(H,13,14,15). The molecule has 2 aromatic heterocycles. The van der Waals surface area contributed by atoms with Crippen molar-refractivity contribution < 1.29 is 9.90 Å². The topological polar surface area (TPSA) is 75.1 Å². The summed E-state index contributed by atoms with van der Waals surface area (Å²) >= 11 is 2.59. The summed E-state index contributed by atoms with van der Waals surface area (Å²) in [7, 11) is 0. The predicted octanol–water partition coefficient (Wildman–Crippen LogP) is 3.13. The molecule has 0 amide bonds. The van der Waals surface area contributed by atoms with Crippen LogP contribution in [0, 0.1) is 0 Å². The van der Waals surface area contributed by atoms with Crippen LogP contribution < -0.4 is 5.32 Å². The number of nitrogens with zero attached hydrogens (tertiary/aromatic N) is 2. The van der Waals surface area contributed by atoms with Gasteiger partial charge in [-0.15, -0.1) is 11.3 Å². The minimum atomic E-state index is -0.921. The number of anilines is 1. The third kappa shape index (κ3) is 3.30. The predicted molar refractivity (Wildman–Crippen MR) is 76.9 cm³/mol. The van der Waals surface area contributed by atoms with Gasteiger partial charge in [-0.2, -0.15) is 4.37 Å². The summed E-state index contributed by atoms with van der Waals surface area (Å²) in [6.45, 7) is 6.06. The molecule has 0 aromatic carbocycles. The van der Waals surface area contributed by atoms with Crippen molar-refractivity contribution in [2.24, 2.45) is 0 Å². The molecule has 1 unspecified atom stereocenters. The summed E-state index contributed by atoms with van der Waals surface area (Å²) in [4.78, 5) is 16.4. The quantitative estimate of drug-likeness (QED) is 0.906. The van der Waals surface area contributed by atoms with Crippen molar-refractivity contribution in [3.05, 3.63) is 28.2 Å². The summed E-state index contributed by atoms with van der Waals surface area (Å²) in [5, 5.41) is 14.6. The van der Waals surface area contributed by atoms with Gasteiger partial charge in [-0.1, -0.05) is 26.8 Å². The highest BCUT2D eigenvalue weighted by molar-refractivity contribution is 7.10. The Bertz CT molecular complexity index is 558. The summed E-state index contributed by atoms with van der Waals surface area (Å²) in [6, 6.07) is 2.85. The van der Waals surface area contributed by atoms with E-state index in [9.17, 15) is 9.90 Å². The lowest BCUT2D eigenvalue weighted by molar-refractivity contribution is -0.138. The first-order valence-electron chi connectivity index (χ1n) is 5.75. The zero-order valence-electron chi connectivity index (χ0n) is 10.9. The Hall–Kier alpha value is -1.47. The highest BCUT2D eigenvalue weighted by Crippen LogP contribution is 2.27. The van der Waals surface area contributed by atoms with Crippen molar-refractivity contribution in [3.63, 3.8) is 0 Å². The molecule has 5 nitrogen and oxygen atoms in total. The maximum atomic E-state index is 11.3. The van der Waals surface area contributed by atoms with E-state index >= 15 is 0 Å². The fourth-order valence-electron chi connectivity index (χ4n) is 1.42. The molecule has 0 spiro atoms. The first-order valence-corrected chi connectivity index (χ1v) is 7.40. The van der Waals surface area contributed by atoms with Crippen LogP contribution in [0.15, 0.2) is 17.5 Å². The Balaban J connectivity index is 2.19. The SMILES string of the molecule is CC(C)(C)c1nsc(NC(C(=O)O)c2cccs2)n1. The number of carbonyl (C=O) groups is 1. The second-order valence-corrected chi connectivity index (χ2v) is 6.84. The van der Waals surface area contributed by atoms with E-state index in [2.05, 4.69) is 14.7 Å². The number of carboxylic acids is 1. The van der Waals surface area contributed by atoms with Crippen LogP contribution in [0.3, 0.4) is 0 Å². The Kier molecular flexibility index (Phi) is 3.86. The van der Waals surface area contributed by atoms with Gasteiger partial charge in [0.1, 0.15) is 5.82 Å². The molecule has 0 saturated heterocycles. The molecule has 19 heavy (non-hydrogen) atoms. The minimum absolute atomic E-state index is 0.141. The Morgan fingerprint density at radius 1 is 1.47 bits per heavy atom.